The molecule has 14 heavy (non-hydrogen) atoms. The van der Waals surface area contributed by atoms with Gasteiger partial charge < -0.3 is 10.2 Å². The maximum absolute atomic E-state index is 11.5. The van der Waals surface area contributed by atoms with Crippen LogP contribution in [-0.4, -0.2) is 36.3 Å². The largest absolute Gasteiger partial charge is 0.356 e. The second-order valence-corrected chi connectivity index (χ2v) is 3.54. The van der Waals surface area contributed by atoms with Gasteiger partial charge in [0.05, 0.1) is 0 Å². The van der Waals surface area contributed by atoms with E-state index in [1.807, 2.05) is 4.90 Å². The third-order valence-corrected chi connectivity index (χ3v) is 2.44. The Hall–Kier alpha value is -1.06. The SMILES string of the molecule is CCC(=O)NCCC(=O)N1CCCC1. The summed E-state index contributed by atoms with van der Waals surface area (Å²) in [5.74, 6) is 0.179. The predicted octanol–water partition coefficient (Wildman–Crippen LogP) is 0.525. The van der Waals surface area contributed by atoms with Crippen LogP contribution in [0.5, 0.6) is 0 Å². The van der Waals surface area contributed by atoms with Gasteiger partial charge >= 0.3 is 0 Å². The maximum Gasteiger partial charge on any atom is 0.224 e. The van der Waals surface area contributed by atoms with Gasteiger partial charge in [-0.3, -0.25) is 9.59 Å². The van der Waals surface area contributed by atoms with Crippen molar-refractivity contribution in [2.75, 3.05) is 19.6 Å². The molecule has 0 aromatic carbocycles. The van der Waals surface area contributed by atoms with E-state index in [4.69, 9.17) is 0 Å². The first-order valence-corrected chi connectivity index (χ1v) is 5.28. The summed E-state index contributed by atoms with van der Waals surface area (Å²) >= 11 is 0. The highest BCUT2D eigenvalue weighted by molar-refractivity contribution is 5.79. The molecule has 4 nitrogen and oxygen atoms in total. The molecule has 1 aliphatic rings. The van der Waals surface area contributed by atoms with Crippen LogP contribution in [0.3, 0.4) is 0 Å². The molecule has 0 radical (unpaired) electrons. The van der Waals surface area contributed by atoms with Crippen LogP contribution in [0.4, 0.5) is 0 Å². The molecule has 0 aromatic rings. The van der Waals surface area contributed by atoms with Crippen molar-refractivity contribution in [3.05, 3.63) is 0 Å². The number of carbonyl (C=O) groups is 2. The highest BCUT2D eigenvalue weighted by atomic mass is 16.2. The molecular weight excluding hydrogens is 180 g/mol. The van der Waals surface area contributed by atoms with E-state index in [1.54, 1.807) is 6.92 Å². The zero-order valence-corrected chi connectivity index (χ0v) is 8.71. The van der Waals surface area contributed by atoms with Gasteiger partial charge in [0.25, 0.3) is 0 Å². The summed E-state index contributed by atoms with van der Waals surface area (Å²) in [6.07, 6.45) is 3.16. The lowest BCUT2D eigenvalue weighted by Gasteiger charge is -2.14. The summed E-state index contributed by atoms with van der Waals surface area (Å²) in [6.45, 7) is 4.06. The monoisotopic (exact) mass is 198 g/mol. The minimum absolute atomic E-state index is 0.0132. The van der Waals surface area contributed by atoms with E-state index in [9.17, 15) is 9.59 Å². The van der Waals surface area contributed by atoms with E-state index in [2.05, 4.69) is 5.32 Å². The Kier molecular flexibility index (Phi) is 4.43. The van der Waals surface area contributed by atoms with Crippen molar-refractivity contribution in [3.8, 4) is 0 Å². The minimum Gasteiger partial charge on any atom is -0.356 e. The Morgan fingerprint density at radius 2 is 1.93 bits per heavy atom. The van der Waals surface area contributed by atoms with Gasteiger partial charge in [-0.15, -0.1) is 0 Å². The zero-order valence-electron chi connectivity index (χ0n) is 8.71. The molecule has 1 N–H and O–H groups in total. The molecule has 1 aliphatic heterocycles. The van der Waals surface area contributed by atoms with Crippen LogP contribution in [0.25, 0.3) is 0 Å². The standard InChI is InChI=1S/C10H18N2O2/c1-2-9(13)11-6-5-10(14)12-7-3-4-8-12/h2-8H2,1H3,(H,11,13). The van der Waals surface area contributed by atoms with Crippen LogP contribution in [0.15, 0.2) is 0 Å². The van der Waals surface area contributed by atoms with E-state index in [-0.39, 0.29) is 11.8 Å². The van der Waals surface area contributed by atoms with Crippen LogP contribution in [-0.2, 0) is 9.59 Å². The van der Waals surface area contributed by atoms with E-state index in [0.29, 0.717) is 19.4 Å². The predicted molar refractivity (Wildman–Crippen MR) is 53.7 cm³/mol. The van der Waals surface area contributed by atoms with Crippen LogP contribution in [0.2, 0.25) is 0 Å². The molecule has 0 unspecified atom stereocenters. The Bertz CT molecular complexity index is 210. The molecule has 1 heterocycles. The Morgan fingerprint density at radius 1 is 1.29 bits per heavy atom. The number of nitrogens with one attached hydrogen (secondary N) is 1. The van der Waals surface area contributed by atoms with Crippen molar-refractivity contribution in [1.29, 1.82) is 0 Å². The molecule has 0 aliphatic carbocycles. The molecule has 80 valence electrons. The fourth-order valence-corrected chi connectivity index (χ4v) is 1.56. The quantitative estimate of drug-likeness (QED) is 0.716. The van der Waals surface area contributed by atoms with Crippen molar-refractivity contribution in [2.45, 2.75) is 32.6 Å². The lowest BCUT2D eigenvalue weighted by molar-refractivity contribution is -0.130. The number of hydrogen-bond donors (Lipinski definition) is 1. The number of nitrogens with zero attached hydrogens (tertiary/aromatic N) is 1. The molecule has 1 saturated heterocycles. The van der Waals surface area contributed by atoms with Crippen LogP contribution < -0.4 is 5.32 Å². The van der Waals surface area contributed by atoms with Gasteiger partial charge in [0.15, 0.2) is 0 Å². The molecule has 0 bridgehead atoms. The van der Waals surface area contributed by atoms with Crippen molar-refractivity contribution in [2.24, 2.45) is 0 Å². The van der Waals surface area contributed by atoms with Gasteiger partial charge in [-0.25, -0.2) is 0 Å². The molecule has 2 amide bonds. The van der Waals surface area contributed by atoms with Crippen molar-refractivity contribution in [1.82, 2.24) is 10.2 Å². The van der Waals surface area contributed by atoms with E-state index >= 15 is 0 Å². The molecule has 0 aromatic heterocycles. The second-order valence-electron chi connectivity index (χ2n) is 3.54. The first-order valence-electron chi connectivity index (χ1n) is 5.28. The third-order valence-electron chi connectivity index (χ3n) is 2.44. The average molecular weight is 198 g/mol. The minimum atomic E-state index is 0.0132. The summed E-state index contributed by atoms with van der Waals surface area (Å²) in [7, 11) is 0. The van der Waals surface area contributed by atoms with Gasteiger partial charge in [-0.2, -0.15) is 0 Å². The van der Waals surface area contributed by atoms with Crippen LogP contribution in [0.1, 0.15) is 32.6 Å². The Balaban J connectivity index is 2.11. The smallest absolute Gasteiger partial charge is 0.224 e. The summed E-state index contributed by atoms with van der Waals surface area (Å²) in [5.41, 5.74) is 0. The Morgan fingerprint density at radius 3 is 2.50 bits per heavy atom. The molecule has 1 fully saturated rings. The first-order chi connectivity index (χ1) is 6.74. The summed E-state index contributed by atoms with van der Waals surface area (Å²) in [5, 5.41) is 2.70. The van der Waals surface area contributed by atoms with Crippen molar-refractivity contribution in [3.63, 3.8) is 0 Å². The van der Waals surface area contributed by atoms with Crippen molar-refractivity contribution >= 4 is 11.8 Å². The fourth-order valence-electron chi connectivity index (χ4n) is 1.56. The Labute approximate surface area is 84.7 Å². The maximum atomic E-state index is 11.5. The molecule has 0 atom stereocenters. The number of carbonyl (C=O) groups excluding carboxylic acids is 2. The van der Waals surface area contributed by atoms with E-state index in [1.165, 1.54) is 0 Å². The normalized spacial score (nSPS) is 15.6. The highest BCUT2D eigenvalue weighted by Crippen LogP contribution is 2.08. The van der Waals surface area contributed by atoms with Gasteiger partial charge in [-0.05, 0) is 12.8 Å². The van der Waals surface area contributed by atoms with Crippen LogP contribution in [0, 0.1) is 0 Å². The van der Waals surface area contributed by atoms with Gasteiger partial charge in [0, 0.05) is 32.5 Å². The average Bonchev–Trinajstić information content (AvgIpc) is 2.70. The van der Waals surface area contributed by atoms with Crippen molar-refractivity contribution < 1.29 is 9.59 Å². The molecule has 0 saturated carbocycles. The van der Waals surface area contributed by atoms with E-state index < -0.39 is 0 Å². The third kappa shape index (κ3) is 3.36. The number of likely N-dealkylation sites (tertiary alicyclic amines) is 1. The number of amides is 2. The topological polar surface area (TPSA) is 49.4 Å². The van der Waals surface area contributed by atoms with Crippen LogP contribution >= 0.6 is 0 Å². The van der Waals surface area contributed by atoms with Gasteiger partial charge in [-0.1, -0.05) is 6.92 Å². The molecule has 4 heteroatoms. The summed E-state index contributed by atoms with van der Waals surface area (Å²) < 4.78 is 0. The lowest BCUT2D eigenvalue weighted by atomic mass is 10.3. The highest BCUT2D eigenvalue weighted by Gasteiger charge is 2.16. The lowest BCUT2D eigenvalue weighted by Crippen LogP contribution is -2.32. The summed E-state index contributed by atoms with van der Waals surface area (Å²) in [6, 6.07) is 0. The number of rotatable bonds is 4. The van der Waals surface area contributed by atoms with Gasteiger partial charge in [0.2, 0.25) is 11.8 Å². The molecule has 1 rings (SSSR count). The number of hydrogen-bond acceptors (Lipinski definition) is 2. The molecule has 0 spiro atoms. The van der Waals surface area contributed by atoms with Gasteiger partial charge in [0.1, 0.15) is 0 Å². The molecular formula is C10H18N2O2. The van der Waals surface area contributed by atoms with E-state index in [0.717, 1.165) is 25.9 Å². The zero-order chi connectivity index (χ0) is 10.4. The first kappa shape index (κ1) is 11.0. The second kappa shape index (κ2) is 5.62. The summed E-state index contributed by atoms with van der Waals surface area (Å²) in [4.78, 5) is 24.2. The fraction of sp³-hybridized carbons (Fsp3) is 0.800.